The van der Waals surface area contributed by atoms with E-state index >= 15 is 0 Å². The van der Waals surface area contributed by atoms with E-state index in [1.807, 2.05) is 32.1 Å². The molecule has 0 spiro atoms. The third kappa shape index (κ3) is 2.46. The van der Waals surface area contributed by atoms with Crippen molar-refractivity contribution in [3.8, 4) is 0 Å². The third-order valence-electron chi connectivity index (χ3n) is 2.21. The first-order valence-corrected chi connectivity index (χ1v) is 4.93. The Balaban J connectivity index is 3.07. The third-order valence-corrected chi connectivity index (χ3v) is 2.39. The van der Waals surface area contributed by atoms with E-state index in [4.69, 9.17) is 11.6 Å². The number of aryl methyl sites for hydroxylation is 2. The van der Waals surface area contributed by atoms with Gasteiger partial charge in [-0.2, -0.15) is 0 Å². The molecule has 0 saturated heterocycles. The minimum absolute atomic E-state index is 0.795. The predicted octanol–water partition coefficient (Wildman–Crippen LogP) is 3.41. The summed E-state index contributed by atoms with van der Waals surface area (Å²) in [5, 5.41) is 0. The van der Waals surface area contributed by atoms with Crippen molar-refractivity contribution in [2.24, 2.45) is 0 Å². The van der Waals surface area contributed by atoms with Gasteiger partial charge in [0.15, 0.2) is 6.29 Å². The van der Waals surface area contributed by atoms with Crippen LogP contribution in [0.5, 0.6) is 0 Å². The molecule has 0 heterocycles. The molecule has 0 fully saturated rings. The molecule has 0 bridgehead atoms. The molecule has 0 saturated carbocycles. The van der Waals surface area contributed by atoms with Gasteiger partial charge < -0.3 is 0 Å². The number of carbonyl (C=O) groups is 1. The Morgan fingerprint density at radius 3 is 2.29 bits per heavy atom. The van der Waals surface area contributed by atoms with Gasteiger partial charge in [-0.15, -0.1) is 0 Å². The lowest BCUT2D eigenvalue weighted by Crippen LogP contribution is -1.94. The van der Waals surface area contributed by atoms with Crippen molar-refractivity contribution < 1.29 is 4.79 Å². The van der Waals surface area contributed by atoms with Gasteiger partial charge >= 0.3 is 0 Å². The van der Waals surface area contributed by atoms with E-state index in [0.717, 1.165) is 29.4 Å². The second-order valence-corrected chi connectivity index (χ2v) is 3.58. The first-order chi connectivity index (χ1) is 6.69. The van der Waals surface area contributed by atoms with E-state index in [0.29, 0.717) is 0 Å². The predicted molar refractivity (Wildman–Crippen MR) is 60.0 cm³/mol. The average molecular weight is 209 g/mol. The van der Waals surface area contributed by atoms with Crippen molar-refractivity contribution >= 4 is 17.9 Å². The van der Waals surface area contributed by atoms with Gasteiger partial charge in [-0.3, -0.25) is 4.79 Å². The highest BCUT2D eigenvalue weighted by atomic mass is 35.5. The molecule has 0 aliphatic carbocycles. The van der Waals surface area contributed by atoms with Gasteiger partial charge in [-0.25, -0.2) is 0 Å². The molecule has 0 amide bonds. The number of hydrogen-bond donors (Lipinski definition) is 0. The van der Waals surface area contributed by atoms with Gasteiger partial charge in [0.2, 0.25) is 0 Å². The molecule has 0 atom stereocenters. The summed E-state index contributed by atoms with van der Waals surface area (Å²) in [6, 6.07) is 4.04. The number of benzene rings is 1. The van der Waals surface area contributed by atoms with Crippen LogP contribution in [0, 0.1) is 13.8 Å². The Kier molecular flexibility index (Phi) is 3.90. The molecule has 14 heavy (non-hydrogen) atoms. The summed E-state index contributed by atoms with van der Waals surface area (Å²) in [6.45, 7) is 3.90. The lowest BCUT2D eigenvalue weighted by atomic mass is 9.99. The fourth-order valence-electron chi connectivity index (χ4n) is 1.55. The SMILES string of the molecule is Cc1cc(CC=CCl)cc(C)c1C=O. The van der Waals surface area contributed by atoms with E-state index in [2.05, 4.69) is 0 Å². The average Bonchev–Trinajstić information content (AvgIpc) is 2.14. The summed E-state index contributed by atoms with van der Waals surface area (Å²) in [5.41, 5.74) is 5.54. The molecule has 1 aromatic rings. The second kappa shape index (κ2) is 4.97. The van der Waals surface area contributed by atoms with Gasteiger partial charge in [0.25, 0.3) is 0 Å². The molecule has 0 radical (unpaired) electrons. The van der Waals surface area contributed by atoms with Crippen molar-refractivity contribution in [3.63, 3.8) is 0 Å². The molecule has 0 aliphatic rings. The summed E-state index contributed by atoms with van der Waals surface area (Å²) >= 11 is 5.45. The van der Waals surface area contributed by atoms with Gasteiger partial charge in [0, 0.05) is 11.1 Å². The Hall–Kier alpha value is -1.08. The van der Waals surface area contributed by atoms with Gasteiger partial charge in [-0.05, 0) is 37.0 Å². The van der Waals surface area contributed by atoms with Crippen LogP contribution >= 0.6 is 11.6 Å². The van der Waals surface area contributed by atoms with Crippen LogP contribution in [0.25, 0.3) is 0 Å². The standard InChI is InChI=1S/C12H13ClO/c1-9-6-11(4-3-5-13)7-10(2)12(9)8-14/h3,5-8H,4H2,1-2H3. The van der Waals surface area contributed by atoms with Crippen molar-refractivity contribution in [1.29, 1.82) is 0 Å². The molecule has 0 aliphatic heterocycles. The molecule has 1 aromatic carbocycles. The van der Waals surface area contributed by atoms with Crippen molar-refractivity contribution in [1.82, 2.24) is 0 Å². The van der Waals surface area contributed by atoms with Gasteiger partial charge in [0.05, 0.1) is 0 Å². The van der Waals surface area contributed by atoms with Crippen LogP contribution in [-0.4, -0.2) is 6.29 Å². The largest absolute Gasteiger partial charge is 0.298 e. The first-order valence-electron chi connectivity index (χ1n) is 4.49. The molecular formula is C12H13ClO. The van der Waals surface area contributed by atoms with E-state index in [9.17, 15) is 4.79 Å². The molecule has 0 unspecified atom stereocenters. The smallest absolute Gasteiger partial charge is 0.150 e. The minimum Gasteiger partial charge on any atom is -0.298 e. The quantitative estimate of drug-likeness (QED) is 0.696. The van der Waals surface area contributed by atoms with Crippen LogP contribution in [0.2, 0.25) is 0 Å². The fraction of sp³-hybridized carbons (Fsp3) is 0.250. The number of hydrogen-bond acceptors (Lipinski definition) is 1. The van der Waals surface area contributed by atoms with Crippen LogP contribution in [0.3, 0.4) is 0 Å². The van der Waals surface area contributed by atoms with Crippen LogP contribution in [-0.2, 0) is 6.42 Å². The molecule has 1 rings (SSSR count). The summed E-state index contributed by atoms with van der Waals surface area (Å²) in [4.78, 5) is 10.7. The summed E-state index contributed by atoms with van der Waals surface area (Å²) in [5.74, 6) is 0. The normalized spacial score (nSPS) is 10.8. The Labute approximate surface area is 89.4 Å². The highest BCUT2D eigenvalue weighted by Crippen LogP contribution is 2.15. The zero-order chi connectivity index (χ0) is 10.6. The van der Waals surface area contributed by atoms with E-state index in [1.165, 1.54) is 11.1 Å². The summed E-state index contributed by atoms with van der Waals surface area (Å²) in [7, 11) is 0. The highest BCUT2D eigenvalue weighted by Gasteiger charge is 2.02. The fourth-order valence-corrected chi connectivity index (χ4v) is 1.64. The van der Waals surface area contributed by atoms with Crippen molar-refractivity contribution in [2.45, 2.75) is 20.3 Å². The summed E-state index contributed by atoms with van der Waals surface area (Å²) < 4.78 is 0. The van der Waals surface area contributed by atoms with Crippen LogP contribution < -0.4 is 0 Å². The van der Waals surface area contributed by atoms with Gasteiger partial charge in [0.1, 0.15) is 0 Å². The monoisotopic (exact) mass is 208 g/mol. The first kappa shape index (κ1) is 11.0. The molecule has 0 N–H and O–H groups in total. The topological polar surface area (TPSA) is 17.1 Å². The maximum absolute atomic E-state index is 10.7. The molecule has 2 heteroatoms. The number of halogens is 1. The molecule has 74 valence electrons. The summed E-state index contributed by atoms with van der Waals surface area (Å²) in [6.07, 6.45) is 3.60. The van der Waals surface area contributed by atoms with Crippen molar-refractivity contribution in [3.05, 3.63) is 46.0 Å². The Bertz CT molecular complexity index is 344. The highest BCUT2D eigenvalue weighted by molar-refractivity contribution is 6.25. The maximum Gasteiger partial charge on any atom is 0.150 e. The lowest BCUT2D eigenvalue weighted by molar-refractivity contribution is 0.112. The molecular weight excluding hydrogens is 196 g/mol. The molecule has 1 nitrogen and oxygen atoms in total. The van der Waals surface area contributed by atoms with Crippen LogP contribution in [0.1, 0.15) is 27.0 Å². The minimum atomic E-state index is 0.795. The number of carbonyl (C=O) groups excluding carboxylic acids is 1. The van der Waals surface area contributed by atoms with E-state index < -0.39 is 0 Å². The number of allylic oxidation sites excluding steroid dienone is 1. The van der Waals surface area contributed by atoms with E-state index in [1.54, 1.807) is 0 Å². The Morgan fingerprint density at radius 1 is 1.29 bits per heavy atom. The number of rotatable bonds is 3. The second-order valence-electron chi connectivity index (χ2n) is 3.33. The Morgan fingerprint density at radius 2 is 1.86 bits per heavy atom. The van der Waals surface area contributed by atoms with E-state index in [-0.39, 0.29) is 0 Å². The molecule has 0 aromatic heterocycles. The zero-order valence-corrected chi connectivity index (χ0v) is 9.14. The van der Waals surface area contributed by atoms with Crippen molar-refractivity contribution in [2.75, 3.05) is 0 Å². The van der Waals surface area contributed by atoms with Gasteiger partial charge in [-0.1, -0.05) is 29.8 Å². The van der Waals surface area contributed by atoms with Crippen LogP contribution in [0.4, 0.5) is 0 Å². The number of aldehydes is 1. The maximum atomic E-state index is 10.7. The zero-order valence-electron chi connectivity index (χ0n) is 8.38. The lowest BCUT2D eigenvalue weighted by Gasteiger charge is -2.06. The van der Waals surface area contributed by atoms with Crippen LogP contribution in [0.15, 0.2) is 23.7 Å².